The molecule has 0 aliphatic rings. The minimum atomic E-state index is -0.449. The van der Waals surface area contributed by atoms with Crippen LogP contribution in [0.15, 0.2) is 60.0 Å². The molecule has 27 heavy (non-hydrogen) atoms. The van der Waals surface area contributed by atoms with Crippen molar-refractivity contribution in [2.75, 3.05) is 7.11 Å². The molecule has 0 saturated carbocycles. The van der Waals surface area contributed by atoms with Gasteiger partial charge in [-0.2, -0.15) is 5.26 Å². The van der Waals surface area contributed by atoms with Crippen LogP contribution in [0, 0.1) is 11.3 Å². The summed E-state index contributed by atoms with van der Waals surface area (Å²) in [5, 5.41) is 11.5. The molecule has 5 nitrogen and oxygen atoms in total. The third-order valence-electron chi connectivity index (χ3n) is 3.68. The maximum Gasteiger partial charge on any atom is 0.331 e. The van der Waals surface area contributed by atoms with Crippen LogP contribution in [-0.4, -0.2) is 18.1 Å². The van der Waals surface area contributed by atoms with Crippen molar-refractivity contribution in [1.29, 1.82) is 5.26 Å². The first-order valence-corrected chi connectivity index (χ1v) is 9.00. The lowest BCUT2D eigenvalue weighted by molar-refractivity contribution is -0.139. The number of hydrogen-bond acceptors (Lipinski definition) is 6. The van der Waals surface area contributed by atoms with Gasteiger partial charge < -0.3 is 9.47 Å². The lowest BCUT2D eigenvalue weighted by Gasteiger charge is -2.01. The Hall–Kier alpha value is -3.43. The highest BCUT2D eigenvalue weighted by molar-refractivity contribution is 7.13. The predicted molar refractivity (Wildman–Crippen MR) is 104 cm³/mol. The Morgan fingerprint density at radius 3 is 2.81 bits per heavy atom. The summed E-state index contributed by atoms with van der Waals surface area (Å²) in [4.78, 5) is 16.4. The number of hydrogen-bond donors (Lipinski definition) is 0. The van der Waals surface area contributed by atoms with Gasteiger partial charge in [0.15, 0.2) is 0 Å². The standard InChI is InChI=1S/C21H16N2O3S/c1-25-19-4-2-3-17(11-19)21-23-18(14-27-21)13-26-20(24)10-9-15-5-7-16(12-22)8-6-15/h2-11,14H,13H2,1H3/b10-9+. The summed E-state index contributed by atoms with van der Waals surface area (Å²) in [5.74, 6) is 0.318. The second kappa shape index (κ2) is 8.79. The molecule has 0 radical (unpaired) electrons. The molecular formula is C21H16N2O3S. The zero-order valence-corrected chi connectivity index (χ0v) is 15.4. The number of nitriles is 1. The van der Waals surface area contributed by atoms with Gasteiger partial charge in [0, 0.05) is 17.0 Å². The van der Waals surface area contributed by atoms with Gasteiger partial charge >= 0.3 is 5.97 Å². The zero-order chi connectivity index (χ0) is 19.1. The Labute approximate surface area is 161 Å². The molecule has 134 valence electrons. The van der Waals surface area contributed by atoms with E-state index in [2.05, 4.69) is 4.98 Å². The minimum absolute atomic E-state index is 0.108. The maximum absolute atomic E-state index is 11.9. The number of thiazole rings is 1. The van der Waals surface area contributed by atoms with Gasteiger partial charge in [-0.15, -0.1) is 11.3 Å². The van der Waals surface area contributed by atoms with E-state index in [0.29, 0.717) is 11.3 Å². The van der Waals surface area contributed by atoms with Crippen molar-refractivity contribution in [1.82, 2.24) is 4.98 Å². The highest BCUT2D eigenvalue weighted by Gasteiger charge is 2.07. The molecule has 0 amide bonds. The molecule has 1 heterocycles. The molecule has 0 aliphatic carbocycles. The molecule has 1 aromatic heterocycles. The fourth-order valence-electron chi connectivity index (χ4n) is 2.29. The Morgan fingerprint density at radius 1 is 1.26 bits per heavy atom. The number of ether oxygens (including phenoxy) is 2. The van der Waals surface area contributed by atoms with E-state index < -0.39 is 5.97 Å². The van der Waals surface area contributed by atoms with Gasteiger partial charge in [0.1, 0.15) is 17.4 Å². The van der Waals surface area contributed by atoms with Crippen molar-refractivity contribution in [3.05, 3.63) is 76.8 Å². The van der Waals surface area contributed by atoms with Gasteiger partial charge in [-0.05, 0) is 35.9 Å². The Balaban J connectivity index is 1.56. The molecular weight excluding hydrogens is 360 g/mol. The Bertz CT molecular complexity index is 1000. The first-order valence-electron chi connectivity index (χ1n) is 8.12. The highest BCUT2D eigenvalue weighted by Crippen LogP contribution is 2.27. The topological polar surface area (TPSA) is 72.2 Å². The van der Waals surface area contributed by atoms with Gasteiger partial charge in [0.05, 0.1) is 24.4 Å². The van der Waals surface area contributed by atoms with Crippen molar-refractivity contribution >= 4 is 23.4 Å². The summed E-state index contributed by atoms with van der Waals surface area (Å²) in [6, 6.07) is 16.6. The van der Waals surface area contributed by atoms with Crippen LogP contribution in [-0.2, 0) is 16.1 Å². The molecule has 2 aromatic carbocycles. The molecule has 6 heteroatoms. The van der Waals surface area contributed by atoms with Crippen LogP contribution < -0.4 is 4.74 Å². The van der Waals surface area contributed by atoms with E-state index in [4.69, 9.17) is 14.7 Å². The lowest BCUT2D eigenvalue weighted by Crippen LogP contribution is -2.00. The lowest BCUT2D eigenvalue weighted by atomic mass is 10.1. The maximum atomic E-state index is 11.9. The minimum Gasteiger partial charge on any atom is -0.497 e. The quantitative estimate of drug-likeness (QED) is 0.469. The summed E-state index contributed by atoms with van der Waals surface area (Å²) in [6.07, 6.45) is 3.00. The number of methoxy groups -OCH3 is 1. The number of rotatable bonds is 6. The van der Waals surface area contributed by atoms with Crippen LogP contribution in [0.25, 0.3) is 16.6 Å². The number of carbonyl (C=O) groups is 1. The summed E-state index contributed by atoms with van der Waals surface area (Å²) in [7, 11) is 1.62. The van der Waals surface area contributed by atoms with Crippen LogP contribution in [0.3, 0.4) is 0 Å². The van der Waals surface area contributed by atoms with Crippen LogP contribution >= 0.6 is 11.3 Å². The summed E-state index contributed by atoms with van der Waals surface area (Å²) in [5.41, 5.74) is 3.04. The zero-order valence-electron chi connectivity index (χ0n) is 14.6. The normalized spacial score (nSPS) is 10.5. The molecule has 0 aliphatic heterocycles. The average Bonchev–Trinajstić information content (AvgIpc) is 3.20. The van der Waals surface area contributed by atoms with Crippen molar-refractivity contribution in [2.45, 2.75) is 6.61 Å². The van der Waals surface area contributed by atoms with E-state index in [1.54, 1.807) is 37.5 Å². The Kier molecular flexibility index (Phi) is 5.98. The molecule has 0 bridgehead atoms. The van der Waals surface area contributed by atoms with Crippen LogP contribution in [0.2, 0.25) is 0 Å². The summed E-state index contributed by atoms with van der Waals surface area (Å²) < 4.78 is 10.5. The summed E-state index contributed by atoms with van der Waals surface area (Å²) in [6.45, 7) is 0.108. The van der Waals surface area contributed by atoms with Gasteiger partial charge in [0.25, 0.3) is 0 Å². The van der Waals surface area contributed by atoms with E-state index in [1.165, 1.54) is 17.4 Å². The fraction of sp³-hybridized carbons (Fsp3) is 0.0952. The first kappa shape index (κ1) is 18.4. The fourth-order valence-corrected chi connectivity index (χ4v) is 3.09. The SMILES string of the molecule is COc1cccc(-c2nc(COC(=O)/C=C/c3ccc(C#N)cc3)cs2)c1. The molecule has 0 saturated heterocycles. The molecule has 0 fully saturated rings. The van der Waals surface area contributed by atoms with E-state index in [9.17, 15) is 4.79 Å². The van der Waals surface area contributed by atoms with Crippen molar-refractivity contribution < 1.29 is 14.3 Å². The van der Waals surface area contributed by atoms with E-state index in [1.807, 2.05) is 35.7 Å². The second-order valence-electron chi connectivity index (χ2n) is 5.55. The van der Waals surface area contributed by atoms with Crippen LogP contribution in [0.4, 0.5) is 0 Å². The number of nitrogens with zero attached hydrogens (tertiary/aromatic N) is 2. The third-order valence-corrected chi connectivity index (χ3v) is 4.62. The van der Waals surface area contributed by atoms with E-state index in [0.717, 1.165) is 21.9 Å². The Morgan fingerprint density at radius 2 is 2.07 bits per heavy atom. The molecule has 0 spiro atoms. The third kappa shape index (κ3) is 5.03. The highest BCUT2D eigenvalue weighted by atomic mass is 32.1. The van der Waals surface area contributed by atoms with Gasteiger partial charge in [-0.3, -0.25) is 0 Å². The van der Waals surface area contributed by atoms with E-state index in [-0.39, 0.29) is 6.61 Å². The number of aromatic nitrogens is 1. The largest absolute Gasteiger partial charge is 0.497 e. The second-order valence-corrected chi connectivity index (χ2v) is 6.41. The summed E-state index contributed by atoms with van der Waals surface area (Å²) >= 11 is 1.48. The first-order chi connectivity index (χ1) is 13.2. The average molecular weight is 376 g/mol. The van der Waals surface area contributed by atoms with Crippen molar-refractivity contribution in [2.24, 2.45) is 0 Å². The van der Waals surface area contributed by atoms with Crippen LogP contribution in [0.1, 0.15) is 16.8 Å². The number of esters is 1. The molecule has 3 rings (SSSR count). The predicted octanol–water partition coefficient (Wildman–Crippen LogP) is 4.45. The van der Waals surface area contributed by atoms with Gasteiger partial charge in [0.2, 0.25) is 0 Å². The van der Waals surface area contributed by atoms with Crippen molar-refractivity contribution in [3.8, 4) is 22.4 Å². The number of benzene rings is 2. The smallest absolute Gasteiger partial charge is 0.331 e. The molecule has 0 atom stereocenters. The van der Waals surface area contributed by atoms with Crippen molar-refractivity contribution in [3.63, 3.8) is 0 Å². The van der Waals surface area contributed by atoms with E-state index >= 15 is 0 Å². The molecule has 0 N–H and O–H groups in total. The van der Waals surface area contributed by atoms with Gasteiger partial charge in [-0.25, -0.2) is 9.78 Å². The number of carbonyl (C=O) groups excluding carboxylic acids is 1. The van der Waals surface area contributed by atoms with Gasteiger partial charge in [-0.1, -0.05) is 24.3 Å². The monoisotopic (exact) mass is 376 g/mol. The van der Waals surface area contributed by atoms with Crippen LogP contribution in [0.5, 0.6) is 5.75 Å². The molecule has 3 aromatic rings. The molecule has 0 unspecified atom stereocenters.